The molecule has 0 aliphatic carbocycles. The van der Waals surface area contributed by atoms with Crippen molar-refractivity contribution >= 4 is 11.6 Å². The minimum absolute atomic E-state index is 0.0356. The highest BCUT2D eigenvalue weighted by Gasteiger charge is 2.23. The zero-order chi connectivity index (χ0) is 19.7. The molecule has 0 fully saturated rings. The number of nitrogens with zero attached hydrogens (tertiary/aromatic N) is 2. The van der Waals surface area contributed by atoms with E-state index in [2.05, 4.69) is 10.1 Å². The van der Waals surface area contributed by atoms with Crippen LogP contribution in [0.5, 0.6) is 0 Å². The summed E-state index contributed by atoms with van der Waals surface area (Å²) < 4.78 is 47.6. The molecule has 2 heterocycles. The maximum absolute atomic E-state index is 14.5. The Morgan fingerprint density at radius 2 is 1.71 bits per heavy atom. The lowest BCUT2D eigenvalue weighted by Crippen LogP contribution is -1.96. The van der Waals surface area contributed by atoms with Gasteiger partial charge >= 0.3 is 0 Å². The van der Waals surface area contributed by atoms with Crippen molar-refractivity contribution in [2.24, 2.45) is 0 Å². The molecule has 0 radical (unpaired) electrons. The van der Waals surface area contributed by atoms with Gasteiger partial charge in [0.2, 0.25) is 0 Å². The van der Waals surface area contributed by atoms with Crippen molar-refractivity contribution in [2.45, 2.75) is 6.42 Å². The van der Waals surface area contributed by atoms with Crippen LogP contribution in [0.2, 0.25) is 5.02 Å². The Kier molecular flexibility index (Phi) is 4.88. The average molecular weight is 401 g/mol. The summed E-state index contributed by atoms with van der Waals surface area (Å²) in [6.45, 7) is 0. The lowest BCUT2D eigenvalue weighted by atomic mass is 9.97. The van der Waals surface area contributed by atoms with Crippen molar-refractivity contribution < 1.29 is 17.7 Å². The van der Waals surface area contributed by atoms with E-state index in [0.717, 1.165) is 23.8 Å². The van der Waals surface area contributed by atoms with Gasteiger partial charge in [0.1, 0.15) is 23.1 Å². The molecule has 0 saturated heterocycles. The zero-order valence-electron chi connectivity index (χ0n) is 14.3. The first-order chi connectivity index (χ1) is 13.5. The van der Waals surface area contributed by atoms with Crippen LogP contribution in [-0.2, 0) is 6.42 Å². The van der Waals surface area contributed by atoms with E-state index in [-0.39, 0.29) is 34.0 Å². The Morgan fingerprint density at radius 1 is 0.929 bits per heavy atom. The Morgan fingerprint density at radius 3 is 2.43 bits per heavy atom. The average Bonchev–Trinajstić information content (AvgIpc) is 3.06. The van der Waals surface area contributed by atoms with Crippen LogP contribution in [0.25, 0.3) is 22.6 Å². The fourth-order valence-electron chi connectivity index (χ4n) is 2.96. The minimum Gasteiger partial charge on any atom is -0.355 e. The first-order valence-corrected chi connectivity index (χ1v) is 8.69. The van der Waals surface area contributed by atoms with Gasteiger partial charge < -0.3 is 4.52 Å². The van der Waals surface area contributed by atoms with Crippen molar-refractivity contribution in [1.82, 2.24) is 10.1 Å². The van der Waals surface area contributed by atoms with E-state index in [4.69, 9.17) is 16.1 Å². The summed E-state index contributed by atoms with van der Waals surface area (Å²) in [5.74, 6) is -1.99. The highest BCUT2D eigenvalue weighted by molar-refractivity contribution is 6.30. The predicted octanol–water partition coefficient (Wildman–Crippen LogP) is 6.07. The van der Waals surface area contributed by atoms with Crippen LogP contribution in [-0.4, -0.2) is 10.1 Å². The van der Waals surface area contributed by atoms with Crippen molar-refractivity contribution in [3.63, 3.8) is 0 Å². The lowest BCUT2D eigenvalue weighted by molar-refractivity contribution is 0.431. The molecule has 0 atom stereocenters. The molecule has 0 bridgehead atoms. The summed E-state index contributed by atoms with van der Waals surface area (Å²) in [6.07, 6.45) is 3.53. The van der Waals surface area contributed by atoms with Gasteiger partial charge in [-0.3, -0.25) is 4.98 Å². The summed E-state index contributed by atoms with van der Waals surface area (Å²) in [6, 6.07) is 10.9. The summed E-state index contributed by atoms with van der Waals surface area (Å²) in [4.78, 5) is 4.06. The molecular weight excluding hydrogens is 389 g/mol. The van der Waals surface area contributed by atoms with Crippen LogP contribution in [0.1, 0.15) is 11.1 Å². The van der Waals surface area contributed by atoms with E-state index in [9.17, 15) is 13.2 Å². The Labute approximate surface area is 163 Å². The minimum atomic E-state index is -0.799. The fourth-order valence-corrected chi connectivity index (χ4v) is 3.12. The van der Waals surface area contributed by atoms with Gasteiger partial charge in [-0.1, -0.05) is 22.8 Å². The van der Waals surface area contributed by atoms with Gasteiger partial charge in [-0.2, -0.15) is 0 Å². The van der Waals surface area contributed by atoms with Gasteiger partial charge in [0, 0.05) is 41.0 Å². The second-order valence-electron chi connectivity index (χ2n) is 6.13. The molecule has 140 valence electrons. The van der Waals surface area contributed by atoms with Crippen LogP contribution in [0.4, 0.5) is 13.2 Å². The van der Waals surface area contributed by atoms with E-state index in [1.165, 1.54) is 18.2 Å². The smallest absolute Gasteiger partial charge is 0.173 e. The Hall–Kier alpha value is -3.12. The summed E-state index contributed by atoms with van der Waals surface area (Å²) >= 11 is 5.83. The molecular formula is C21H12ClF3N2O. The van der Waals surface area contributed by atoms with Crippen LogP contribution in [0.3, 0.4) is 0 Å². The second kappa shape index (κ2) is 7.48. The van der Waals surface area contributed by atoms with Crippen molar-refractivity contribution in [3.8, 4) is 22.6 Å². The standard InChI is InChI=1S/C21H12ClF3N2O/c22-13-3-5-15(18(24)9-13)20-17(8-12-2-1-7-26-11-12)21(28-27-20)16-6-4-14(23)10-19(16)25/h1-7,9-11H,8H2. The summed E-state index contributed by atoms with van der Waals surface area (Å²) in [5, 5.41) is 4.21. The van der Waals surface area contributed by atoms with Gasteiger partial charge in [0.25, 0.3) is 0 Å². The molecule has 0 aliphatic heterocycles. The molecule has 2 aromatic carbocycles. The zero-order valence-corrected chi connectivity index (χ0v) is 15.1. The van der Waals surface area contributed by atoms with Gasteiger partial charge in [-0.15, -0.1) is 0 Å². The van der Waals surface area contributed by atoms with E-state index >= 15 is 0 Å². The van der Waals surface area contributed by atoms with Crippen LogP contribution in [0, 0.1) is 17.5 Å². The summed E-state index contributed by atoms with van der Waals surface area (Å²) in [7, 11) is 0. The number of aromatic nitrogens is 2. The molecule has 0 amide bonds. The third-order valence-corrected chi connectivity index (χ3v) is 4.49. The van der Waals surface area contributed by atoms with Crippen molar-refractivity contribution in [3.05, 3.63) is 94.5 Å². The van der Waals surface area contributed by atoms with Crippen LogP contribution in [0.15, 0.2) is 65.4 Å². The number of pyridine rings is 1. The Balaban J connectivity index is 1.90. The van der Waals surface area contributed by atoms with Crippen LogP contribution < -0.4 is 0 Å². The predicted molar refractivity (Wildman–Crippen MR) is 99.3 cm³/mol. The highest BCUT2D eigenvalue weighted by Crippen LogP contribution is 2.36. The molecule has 4 rings (SSSR count). The van der Waals surface area contributed by atoms with Crippen LogP contribution >= 0.6 is 11.6 Å². The normalized spacial score (nSPS) is 11.0. The number of hydrogen-bond acceptors (Lipinski definition) is 3. The maximum Gasteiger partial charge on any atom is 0.173 e. The largest absolute Gasteiger partial charge is 0.355 e. The number of halogens is 4. The molecule has 2 aromatic heterocycles. The van der Waals surface area contributed by atoms with Crippen molar-refractivity contribution in [1.29, 1.82) is 0 Å². The molecule has 3 nitrogen and oxygen atoms in total. The third kappa shape index (κ3) is 3.51. The molecule has 28 heavy (non-hydrogen) atoms. The molecule has 7 heteroatoms. The number of hydrogen-bond donors (Lipinski definition) is 0. The molecule has 0 aliphatic rings. The van der Waals surface area contributed by atoms with Gasteiger partial charge in [0.05, 0.1) is 5.56 Å². The number of rotatable bonds is 4. The quantitative estimate of drug-likeness (QED) is 0.417. The first kappa shape index (κ1) is 18.3. The molecule has 4 aromatic rings. The fraction of sp³-hybridized carbons (Fsp3) is 0.0476. The monoisotopic (exact) mass is 400 g/mol. The topological polar surface area (TPSA) is 38.9 Å². The van der Waals surface area contributed by atoms with E-state index < -0.39 is 17.5 Å². The van der Waals surface area contributed by atoms with Gasteiger partial charge in [-0.05, 0) is 42.0 Å². The van der Waals surface area contributed by atoms with Crippen molar-refractivity contribution in [2.75, 3.05) is 0 Å². The summed E-state index contributed by atoms with van der Waals surface area (Å²) in [5.41, 5.74) is 1.68. The highest BCUT2D eigenvalue weighted by atomic mass is 35.5. The second-order valence-corrected chi connectivity index (χ2v) is 6.56. The van der Waals surface area contributed by atoms with E-state index in [1.54, 1.807) is 18.5 Å². The van der Waals surface area contributed by atoms with Gasteiger partial charge in [-0.25, -0.2) is 13.2 Å². The van der Waals surface area contributed by atoms with E-state index in [1.807, 2.05) is 6.07 Å². The molecule has 0 N–H and O–H groups in total. The Bertz CT molecular complexity index is 1080. The maximum atomic E-state index is 14.5. The third-order valence-electron chi connectivity index (χ3n) is 4.25. The van der Waals surface area contributed by atoms with Gasteiger partial charge in [0.15, 0.2) is 5.76 Å². The SMILES string of the molecule is Fc1ccc(-c2onc(-c3ccc(Cl)cc3F)c2Cc2cccnc2)c(F)c1. The molecule has 0 spiro atoms. The molecule has 0 saturated carbocycles. The van der Waals surface area contributed by atoms with E-state index in [0.29, 0.717) is 5.56 Å². The first-order valence-electron chi connectivity index (χ1n) is 8.31. The molecule has 0 unspecified atom stereocenters. The lowest BCUT2D eigenvalue weighted by Gasteiger charge is -2.07. The number of benzene rings is 2.